The van der Waals surface area contributed by atoms with Gasteiger partial charge < -0.3 is 23.9 Å². The van der Waals surface area contributed by atoms with Crippen LogP contribution in [0.5, 0.6) is 11.5 Å². The highest BCUT2D eigenvalue weighted by molar-refractivity contribution is 6.02. The first-order valence-electron chi connectivity index (χ1n) is 11.4. The molecule has 1 aliphatic rings. The van der Waals surface area contributed by atoms with Gasteiger partial charge in [-0.2, -0.15) is 0 Å². The van der Waals surface area contributed by atoms with E-state index in [0.29, 0.717) is 22.8 Å². The maximum Gasteiger partial charge on any atom is 0.338 e. The second-order valence-electron chi connectivity index (χ2n) is 8.44. The minimum atomic E-state index is -0.643. The summed E-state index contributed by atoms with van der Waals surface area (Å²) in [4.78, 5) is 48.0. The number of ketones is 1. The van der Waals surface area contributed by atoms with Crippen molar-refractivity contribution in [2.45, 2.75) is 13.5 Å². The van der Waals surface area contributed by atoms with Gasteiger partial charge in [0.15, 0.2) is 19.0 Å². The molecule has 1 amide bonds. The Morgan fingerprint density at radius 2 is 1.73 bits per heavy atom. The number of benzene rings is 3. The van der Waals surface area contributed by atoms with Crippen LogP contribution in [0.2, 0.25) is 0 Å². The van der Waals surface area contributed by atoms with Crippen molar-refractivity contribution < 1.29 is 33.0 Å². The maximum absolute atomic E-state index is 12.5. The van der Waals surface area contributed by atoms with E-state index in [9.17, 15) is 19.2 Å². The number of carbonyl (C=O) groups excluding carboxylic acids is 3. The van der Waals surface area contributed by atoms with E-state index in [1.54, 1.807) is 48.5 Å². The van der Waals surface area contributed by atoms with E-state index in [1.807, 2.05) is 13.0 Å². The predicted octanol–water partition coefficient (Wildman–Crippen LogP) is 4.05. The number of amides is 1. The molecule has 0 bridgehead atoms. The summed E-state index contributed by atoms with van der Waals surface area (Å²) in [5, 5.41) is 3.47. The van der Waals surface area contributed by atoms with Crippen molar-refractivity contribution in [3.63, 3.8) is 0 Å². The van der Waals surface area contributed by atoms with Crippen LogP contribution in [-0.4, -0.2) is 30.9 Å². The van der Waals surface area contributed by atoms with Gasteiger partial charge in [0.1, 0.15) is 23.7 Å². The minimum absolute atomic E-state index is 0.0779. The summed E-state index contributed by atoms with van der Waals surface area (Å²) in [6, 6.07) is 17.9. The third-order valence-corrected chi connectivity index (χ3v) is 5.79. The molecule has 0 saturated carbocycles. The number of Topliss-reactive ketones (excluding diaryl/α,β-unsaturated/α-hetero) is 1. The third-order valence-electron chi connectivity index (χ3n) is 5.79. The summed E-state index contributed by atoms with van der Waals surface area (Å²) < 4.78 is 21.5. The minimum Gasteiger partial charge on any atom is -0.489 e. The van der Waals surface area contributed by atoms with Crippen molar-refractivity contribution in [3.05, 3.63) is 99.4 Å². The molecule has 0 atom stereocenters. The van der Waals surface area contributed by atoms with Crippen LogP contribution in [0.4, 0.5) is 5.69 Å². The number of ether oxygens (including phenoxy) is 3. The lowest BCUT2D eigenvalue weighted by Gasteiger charge is -2.18. The van der Waals surface area contributed by atoms with E-state index in [-0.39, 0.29) is 30.2 Å². The molecule has 4 aromatic rings. The second kappa shape index (κ2) is 9.98. The van der Waals surface area contributed by atoms with Gasteiger partial charge in [0, 0.05) is 23.1 Å². The summed E-state index contributed by atoms with van der Waals surface area (Å²) in [6.07, 6.45) is 0. The summed E-state index contributed by atoms with van der Waals surface area (Å²) in [5.41, 5.74) is 2.62. The van der Waals surface area contributed by atoms with Crippen LogP contribution in [0, 0.1) is 6.92 Å². The quantitative estimate of drug-likeness (QED) is 0.230. The zero-order valence-corrected chi connectivity index (χ0v) is 19.7. The molecule has 3 aromatic carbocycles. The van der Waals surface area contributed by atoms with Crippen LogP contribution in [0.25, 0.3) is 11.0 Å². The summed E-state index contributed by atoms with van der Waals surface area (Å²) in [5.74, 6) is -0.355. The number of hydrogen-bond donors (Lipinski definition) is 1. The Kier molecular flexibility index (Phi) is 6.42. The van der Waals surface area contributed by atoms with Gasteiger partial charge in [-0.3, -0.25) is 9.59 Å². The van der Waals surface area contributed by atoms with Crippen LogP contribution in [0.1, 0.15) is 31.8 Å². The van der Waals surface area contributed by atoms with E-state index in [1.165, 1.54) is 12.1 Å². The normalized spacial score (nSPS) is 12.3. The molecule has 0 saturated heterocycles. The van der Waals surface area contributed by atoms with E-state index in [4.69, 9.17) is 18.6 Å². The van der Waals surface area contributed by atoms with Crippen LogP contribution in [0.15, 0.2) is 75.9 Å². The van der Waals surface area contributed by atoms with Gasteiger partial charge in [0.05, 0.1) is 11.3 Å². The smallest absolute Gasteiger partial charge is 0.338 e. The predicted molar refractivity (Wildman–Crippen MR) is 133 cm³/mol. The fourth-order valence-corrected chi connectivity index (χ4v) is 3.85. The van der Waals surface area contributed by atoms with Gasteiger partial charge >= 0.3 is 11.6 Å². The zero-order chi connectivity index (χ0) is 25.9. The number of hydrogen-bond acceptors (Lipinski definition) is 8. The fourth-order valence-electron chi connectivity index (χ4n) is 3.85. The molecule has 186 valence electrons. The molecule has 1 aromatic heterocycles. The molecular weight excluding hydrogens is 478 g/mol. The van der Waals surface area contributed by atoms with Gasteiger partial charge in [-0.25, -0.2) is 9.59 Å². The molecule has 0 aliphatic carbocycles. The van der Waals surface area contributed by atoms with Crippen molar-refractivity contribution in [2.75, 3.05) is 18.5 Å². The van der Waals surface area contributed by atoms with Crippen LogP contribution < -0.4 is 20.4 Å². The van der Waals surface area contributed by atoms with Crippen LogP contribution >= 0.6 is 0 Å². The highest BCUT2D eigenvalue weighted by atomic mass is 16.5. The summed E-state index contributed by atoms with van der Waals surface area (Å²) in [6.45, 7) is 1.54. The summed E-state index contributed by atoms with van der Waals surface area (Å²) in [7, 11) is 0. The van der Waals surface area contributed by atoms with Crippen molar-refractivity contribution in [1.82, 2.24) is 0 Å². The van der Waals surface area contributed by atoms with Crippen molar-refractivity contribution >= 4 is 34.3 Å². The Morgan fingerprint density at radius 3 is 2.54 bits per heavy atom. The molecule has 0 fully saturated rings. The molecule has 0 spiro atoms. The number of aryl methyl sites for hydroxylation is 1. The lowest BCUT2D eigenvalue weighted by Crippen LogP contribution is -2.25. The fraction of sp³-hybridized carbons (Fsp3) is 0.143. The largest absolute Gasteiger partial charge is 0.489 e. The molecule has 5 rings (SSSR count). The highest BCUT2D eigenvalue weighted by Gasteiger charge is 2.19. The van der Waals surface area contributed by atoms with E-state index < -0.39 is 24.0 Å². The Morgan fingerprint density at radius 1 is 0.946 bits per heavy atom. The molecule has 1 aliphatic heterocycles. The van der Waals surface area contributed by atoms with E-state index in [0.717, 1.165) is 16.5 Å². The first-order valence-corrected chi connectivity index (χ1v) is 11.4. The first kappa shape index (κ1) is 23.8. The highest BCUT2D eigenvalue weighted by Crippen LogP contribution is 2.28. The molecule has 1 N–H and O–H groups in total. The molecule has 9 nitrogen and oxygen atoms in total. The molecule has 0 unspecified atom stereocenters. The SMILES string of the molecule is Cc1cc(=O)oc2cc(OCc3ccc(C(=O)OCC(=O)c4ccc5c(c4)NC(=O)CO5)cc3)ccc12. The maximum atomic E-state index is 12.5. The van der Waals surface area contributed by atoms with E-state index in [2.05, 4.69) is 5.32 Å². The molecule has 0 radical (unpaired) electrons. The Balaban J connectivity index is 1.16. The Hall–Kier alpha value is -4.92. The average molecular weight is 499 g/mol. The Bertz CT molecular complexity index is 1590. The molecule has 2 heterocycles. The number of esters is 1. The monoisotopic (exact) mass is 499 g/mol. The first-order chi connectivity index (χ1) is 17.9. The van der Waals surface area contributed by atoms with Crippen LogP contribution in [-0.2, 0) is 16.1 Å². The topological polar surface area (TPSA) is 121 Å². The lowest BCUT2D eigenvalue weighted by molar-refractivity contribution is -0.118. The molecular formula is C28H21NO8. The van der Waals surface area contributed by atoms with Crippen molar-refractivity contribution in [1.29, 1.82) is 0 Å². The average Bonchev–Trinajstić information content (AvgIpc) is 2.89. The molecule has 37 heavy (non-hydrogen) atoms. The zero-order valence-electron chi connectivity index (χ0n) is 19.7. The number of rotatable bonds is 7. The van der Waals surface area contributed by atoms with Gasteiger partial charge in [-0.15, -0.1) is 0 Å². The van der Waals surface area contributed by atoms with Crippen molar-refractivity contribution in [3.8, 4) is 11.5 Å². The Labute approximate surface area is 210 Å². The number of carbonyl (C=O) groups is 3. The standard InChI is InChI=1S/C28H21NO8/c1-16-10-27(32)37-25-12-20(7-8-21(16)25)34-13-17-2-4-18(5-3-17)28(33)36-14-23(30)19-6-9-24-22(11-19)29-26(31)15-35-24/h2-12H,13-15H2,1H3,(H,29,31). The number of nitrogens with one attached hydrogen (secondary N) is 1. The van der Waals surface area contributed by atoms with Gasteiger partial charge in [-0.1, -0.05) is 12.1 Å². The number of fused-ring (bicyclic) bond motifs is 2. The van der Waals surface area contributed by atoms with Gasteiger partial charge in [-0.05, 0) is 60.5 Å². The van der Waals surface area contributed by atoms with Gasteiger partial charge in [0.2, 0.25) is 0 Å². The van der Waals surface area contributed by atoms with Gasteiger partial charge in [0.25, 0.3) is 5.91 Å². The van der Waals surface area contributed by atoms with E-state index >= 15 is 0 Å². The lowest BCUT2D eigenvalue weighted by atomic mass is 10.1. The molecule has 9 heteroatoms. The third kappa shape index (κ3) is 5.35. The van der Waals surface area contributed by atoms with Crippen LogP contribution in [0.3, 0.4) is 0 Å². The summed E-state index contributed by atoms with van der Waals surface area (Å²) >= 11 is 0. The second-order valence-corrected chi connectivity index (χ2v) is 8.44. The van der Waals surface area contributed by atoms with Crippen molar-refractivity contribution in [2.24, 2.45) is 0 Å². The number of anilines is 1.